The lowest BCUT2D eigenvalue weighted by molar-refractivity contribution is -0.0230. The number of nitrogens with one attached hydrogen (secondary N) is 4. The number of aliphatic hydroxyl groups is 8. The molecule has 4 aromatic heterocycles. The summed E-state index contributed by atoms with van der Waals surface area (Å²) in [6.45, 7) is -2.71. The van der Waals surface area contributed by atoms with Crippen LogP contribution in [0.3, 0.4) is 0 Å². The van der Waals surface area contributed by atoms with Gasteiger partial charge in [-0.15, -0.1) is 0 Å². The van der Waals surface area contributed by atoms with Gasteiger partial charge >= 0.3 is 54.0 Å². The highest BCUT2D eigenvalue weighted by Gasteiger charge is 2.49. The van der Waals surface area contributed by atoms with Gasteiger partial charge in [-0.25, -0.2) is 37.4 Å². The summed E-state index contributed by atoms with van der Waals surface area (Å²) in [6.07, 6.45) is -17.8. The number of phosphoric acid groups is 4. The number of phosphoric ester groups is 4. The Bertz CT molecular complexity index is 3750. The number of aliphatic hydroxyl groups excluding tert-OH is 8. The fourth-order valence-electron chi connectivity index (χ4n) is 8.49. The van der Waals surface area contributed by atoms with Crippen LogP contribution in [0, 0.1) is 0 Å². The third-order valence-corrected chi connectivity index (χ3v) is 14.9. The predicted octanol–water partition coefficient (Wildman–Crippen LogP) is -10.6. The summed E-state index contributed by atoms with van der Waals surface area (Å²) >= 11 is 0. The number of rotatable bonds is 16. The quantitative estimate of drug-likeness (QED) is 0.0463. The molecule has 0 aromatic carbocycles. The molecule has 44 nitrogen and oxygen atoms in total. The first-order chi connectivity index (χ1) is 40.4. The molecule has 16 atom stereocenters. The summed E-state index contributed by atoms with van der Waals surface area (Å²) in [5.74, 6) is 0. The van der Waals surface area contributed by atoms with E-state index in [2.05, 4.69) is 28.1 Å². The summed E-state index contributed by atoms with van der Waals surface area (Å²) in [5, 5.41) is 79.0. The van der Waals surface area contributed by atoms with E-state index >= 15 is 0 Å². The van der Waals surface area contributed by atoms with Gasteiger partial charge in [-0.1, -0.05) is 0 Å². The first kappa shape index (κ1) is 73.4. The SMILES string of the molecule is Cn1c(=O)[nH]cc(C2O[C@H](COP(=O)(O)O)[C@@H](O)[C@H]2O)c1=O.Cn1cc(C2O[C@H](COP(=O)(O)O)[C@@H](O)[C@H]2O)c(=O)[nH]c1=O.Cn1cc(C2O[C@H](COP(=O)(O)O)[C@@H](O)[C@H]2O)c(=O)n(C)c1=O.O=c1[nH]cc(C2O[C@H](COP(=O)(O)O)[C@@H](O)[C@H]2O)c(=O)[nH]1. The van der Waals surface area contributed by atoms with E-state index in [9.17, 15) is 97.5 Å². The van der Waals surface area contributed by atoms with Gasteiger partial charge in [-0.05, 0) is 0 Å². The Morgan fingerprint density at radius 3 is 1.10 bits per heavy atom. The van der Waals surface area contributed by atoms with Crippen molar-refractivity contribution in [3.63, 3.8) is 0 Å². The number of nitrogens with zero attached hydrogens (tertiary/aromatic N) is 4. The van der Waals surface area contributed by atoms with Gasteiger partial charge in [0.15, 0.2) is 0 Å². The van der Waals surface area contributed by atoms with Crippen molar-refractivity contribution in [3.8, 4) is 0 Å². The molecule has 4 aliphatic heterocycles. The summed E-state index contributed by atoms with van der Waals surface area (Å²) in [4.78, 5) is 170. The Balaban J connectivity index is 0.000000214. The number of aromatic nitrogens is 8. The molecule has 4 aromatic rings. The van der Waals surface area contributed by atoms with E-state index in [1.807, 2.05) is 9.97 Å². The van der Waals surface area contributed by atoms with Crippen molar-refractivity contribution >= 4 is 31.3 Å². The number of aryl methyl sites for hydroxylation is 2. The third-order valence-electron chi connectivity index (χ3n) is 13.0. The second kappa shape index (κ2) is 29.3. The van der Waals surface area contributed by atoms with E-state index in [-0.39, 0.29) is 22.3 Å². The molecule has 0 aliphatic carbocycles. The summed E-state index contributed by atoms with van der Waals surface area (Å²) in [6, 6.07) is 0. The summed E-state index contributed by atoms with van der Waals surface area (Å²) in [5.41, 5.74) is -6.11. The van der Waals surface area contributed by atoms with Gasteiger partial charge in [0.25, 0.3) is 22.2 Å². The van der Waals surface area contributed by atoms with Gasteiger partial charge in [0, 0.05) is 53.0 Å². The maximum absolute atomic E-state index is 12.1. The zero-order chi connectivity index (χ0) is 66.6. The summed E-state index contributed by atoms with van der Waals surface area (Å²) < 4.78 is 84.1. The Hall–Kier alpha value is -5.32. The standard InChI is InChI=1S/C11H17N2O9P.2C10H15N2O9P.C9H13N2O9P/c1-12-3-5(10(16)13(2)11(12)17)9-8(15)7(14)6(22-9)4-21-23(18,19)20;1-12-2-4(9(15)11-10(12)16)8-7(14)6(13)5(21-8)3-20-22(17,18)19;1-12-9(15)4(2-11-10(12)16)8-7(14)6(13)5(21-8)3-20-22(17,18)19;12-5-4(2-19-21(16,17)18)20-7(6(5)13)3-1-10-9(15)11-8(3)14/h3,6-9,14-15H,4H2,1-2H3,(H2,18,19,20);2,5-8,13-14H,3H2,1H3,(H,11,15,16)(H2,17,18,19);2,5-8,13-14H,3H2,1H3,(H,11,16)(H2,17,18,19);1,4-7,12-13H,2H2,(H2,16,17,18)(H2,10,11,14,15)/t6-,7-,8-,9?;2*5-,6-,7-,8?;4-,5-,6-,7?/m1111/s1. The smallest absolute Gasteiger partial charge is 0.387 e. The molecular formula is C40H60N8O36P4. The largest absolute Gasteiger partial charge is 0.469 e. The zero-order valence-electron chi connectivity index (χ0n) is 45.3. The van der Waals surface area contributed by atoms with E-state index in [1.54, 1.807) is 0 Å². The van der Waals surface area contributed by atoms with Crippen molar-refractivity contribution in [2.75, 3.05) is 26.4 Å². The number of aromatic amines is 4. The van der Waals surface area contributed by atoms with E-state index < -0.39 is 200 Å². The summed E-state index contributed by atoms with van der Waals surface area (Å²) in [7, 11) is -13.8. The van der Waals surface area contributed by atoms with Crippen molar-refractivity contribution in [3.05, 3.63) is 130 Å². The Morgan fingerprint density at radius 1 is 0.409 bits per heavy atom. The predicted molar refractivity (Wildman–Crippen MR) is 280 cm³/mol. The van der Waals surface area contributed by atoms with E-state index in [0.717, 1.165) is 36.9 Å². The van der Waals surface area contributed by atoms with Crippen LogP contribution in [-0.4, -0.2) is 218 Å². The molecule has 4 aliphatic rings. The Kier molecular flexibility index (Phi) is 24.5. The van der Waals surface area contributed by atoms with Gasteiger partial charge in [0.2, 0.25) is 0 Å². The monoisotopic (exact) mass is 1350 g/mol. The van der Waals surface area contributed by atoms with Gasteiger partial charge < -0.3 is 118 Å². The highest BCUT2D eigenvalue weighted by atomic mass is 31.2. The lowest BCUT2D eigenvalue weighted by atomic mass is 10.0. The van der Waals surface area contributed by atoms with Crippen molar-refractivity contribution in [1.29, 1.82) is 0 Å². The van der Waals surface area contributed by atoms with Crippen LogP contribution in [0.1, 0.15) is 46.7 Å². The fraction of sp³-hybridized carbons (Fsp3) is 0.600. The van der Waals surface area contributed by atoms with Crippen molar-refractivity contribution in [2.24, 2.45) is 28.2 Å². The molecule has 8 rings (SSSR count). The fourth-order valence-corrected chi connectivity index (χ4v) is 9.86. The average Bonchev–Trinajstić information content (AvgIpc) is 1.88. The lowest BCUT2D eigenvalue weighted by Crippen LogP contribution is -2.40. The topological polar surface area (TPSA) is 685 Å². The molecule has 0 spiro atoms. The molecule has 496 valence electrons. The van der Waals surface area contributed by atoms with E-state index in [0.29, 0.717) is 0 Å². The first-order valence-corrected chi connectivity index (χ1v) is 30.6. The minimum Gasteiger partial charge on any atom is -0.387 e. The van der Waals surface area contributed by atoms with Crippen LogP contribution >= 0.6 is 31.3 Å². The molecule has 4 fully saturated rings. The van der Waals surface area contributed by atoms with Gasteiger partial charge in [-0.2, -0.15) is 0 Å². The van der Waals surface area contributed by atoms with Crippen molar-refractivity contribution < 1.29 is 135 Å². The maximum atomic E-state index is 12.1. The second-order valence-electron chi connectivity index (χ2n) is 19.2. The van der Waals surface area contributed by atoms with E-state index in [1.165, 1.54) is 34.4 Å². The number of hydrogen-bond acceptors (Lipinski definition) is 28. The molecule has 0 amide bonds. The maximum Gasteiger partial charge on any atom is 0.469 e. The van der Waals surface area contributed by atoms with Crippen LogP contribution in [0.5, 0.6) is 0 Å². The minimum absolute atomic E-state index is 0.0696. The molecule has 4 saturated heterocycles. The van der Waals surface area contributed by atoms with Gasteiger partial charge in [-0.3, -0.25) is 56.4 Å². The Morgan fingerprint density at radius 2 is 0.727 bits per heavy atom. The van der Waals surface area contributed by atoms with Crippen molar-refractivity contribution in [2.45, 2.75) is 97.7 Å². The van der Waals surface area contributed by atoms with Crippen LogP contribution in [0.15, 0.2) is 63.1 Å². The highest BCUT2D eigenvalue weighted by Crippen LogP contribution is 2.42. The van der Waals surface area contributed by atoms with Crippen LogP contribution in [0.25, 0.3) is 0 Å². The number of ether oxygens (including phenoxy) is 4. The van der Waals surface area contributed by atoms with Crippen LogP contribution in [-0.2, 0) is 83.5 Å². The van der Waals surface area contributed by atoms with Crippen LogP contribution in [0.2, 0.25) is 0 Å². The minimum atomic E-state index is -4.77. The van der Waals surface area contributed by atoms with Gasteiger partial charge in [0.05, 0.1) is 48.7 Å². The zero-order valence-corrected chi connectivity index (χ0v) is 48.9. The molecule has 20 N–H and O–H groups in total. The third kappa shape index (κ3) is 18.9. The average molecular weight is 1350 g/mol. The second-order valence-corrected chi connectivity index (χ2v) is 24.1. The van der Waals surface area contributed by atoms with Crippen molar-refractivity contribution in [1.82, 2.24) is 38.2 Å². The van der Waals surface area contributed by atoms with Crippen LogP contribution in [0.4, 0.5) is 0 Å². The normalized spacial score (nSPS) is 29.0. The number of H-pyrrole nitrogens is 4. The molecule has 4 unspecified atom stereocenters. The Labute approximate surface area is 486 Å². The molecule has 0 radical (unpaired) electrons. The lowest BCUT2D eigenvalue weighted by Gasteiger charge is -2.16. The first-order valence-electron chi connectivity index (χ1n) is 24.5. The molecular weight excluding hydrogens is 1290 g/mol. The van der Waals surface area contributed by atoms with E-state index in [4.69, 9.17) is 58.1 Å². The highest BCUT2D eigenvalue weighted by molar-refractivity contribution is 7.47. The molecule has 8 heterocycles. The van der Waals surface area contributed by atoms with Crippen LogP contribution < -0.4 is 45.0 Å². The molecule has 48 heteroatoms. The van der Waals surface area contributed by atoms with Gasteiger partial charge in [0.1, 0.15) is 97.7 Å². The molecule has 0 bridgehead atoms. The molecule has 88 heavy (non-hydrogen) atoms. The number of hydrogen-bond donors (Lipinski definition) is 20. The molecule has 0 saturated carbocycles.